The number of likely N-dealkylation sites (tertiary alicyclic amines) is 1. The Labute approximate surface area is 156 Å². The van der Waals surface area contributed by atoms with Crippen molar-refractivity contribution < 1.29 is 9.59 Å². The van der Waals surface area contributed by atoms with Crippen molar-refractivity contribution in [3.05, 3.63) is 40.9 Å². The largest absolute Gasteiger partial charge is 0.339 e. The number of nitrogens with one attached hydrogen (secondary N) is 1. The Morgan fingerprint density at radius 3 is 2.73 bits per heavy atom. The van der Waals surface area contributed by atoms with Crippen LogP contribution in [0.3, 0.4) is 0 Å². The fraction of sp³-hybridized carbons (Fsp3) is 0.474. The highest BCUT2D eigenvalue weighted by Gasteiger charge is 2.38. The third-order valence-electron chi connectivity index (χ3n) is 5.19. The summed E-state index contributed by atoms with van der Waals surface area (Å²) in [4.78, 5) is 26.7. The zero-order valence-corrected chi connectivity index (χ0v) is 15.4. The second kappa shape index (κ2) is 7.53. The Bertz CT molecular complexity index is 786. The molecule has 1 saturated carbocycles. The number of carbonyl (C=O) groups is 2. The summed E-state index contributed by atoms with van der Waals surface area (Å²) in [6.45, 7) is 0.533. The molecule has 4 rings (SSSR count). The third-order valence-corrected chi connectivity index (χ3v) is 6.03. The van der Waals surface area contributed by atoms with Crippen molar-refractivity contribution in [1.29, 1.82) is 0 Å². The van der Waals surface area contributed by atoms with E-state index in [4.69, 9.17) is 0 Å². The van der Waals surface area contributed by atoms with Crippen molar-refractivity contribution in [3.8, 4) is 0 Å². The van der Waals surface area contributed by atoms with E-state index in [0.29, 0.717) is 30.6 Å². The Kier molecular flexibility index (Phi) is 4.97. The van der Waals surface area contributed by atoms with Crippen LogP contribution < -0.4 is 5.32 Å². The molecular formula is C19H22N4O2S. The molecule has 0 radical (unpaired) electrons. The first-order valence-corrected chi connectivity index (χ1v) is 9.97. The van der Waals surface area contributed by atoms with Gasteiger partial charge in [-0.05, 0) is 18.4 Å². The summed E-state index contributed by atoms with van der Waals surface area (Å²) in [6.07, 6.45) is 5.50. The van der Waals surface area contributed by atoms with Crippen LogP contribution >= 0.6 is 11.3 Å². The normalized spacial score (nSPS) is 20.7. The molecule has 6 nitrogen and oxygen atoms in total. The molecule has 2 aromatic rings. The van der Waals surface area contributed by atoms with Crippen LogP contribution in [0.1, 0.15) is 42.7 Å². The minimum absolute atomic E-state index is 0.110. The minimum Gasteiger partial charge on any atom is -0.339 e. The van der Waals surface area contributed by atoms with Crippen LogP contribution in [0.25, 0.3) is 0 Å². The fourth-order valence-corrected chi connectivity index (χ4v) is 4.61. The van der Waals surface area contributed by atoms with Crippen molar-refractivity contribution in [3.63, 3.8) is 0 Å². The van der Waals surface area contributed by atoms with Gasteiger partial charge in [0.1, 0.15) is 5.01 Å². The fourth-order valence-electron chi connectivity index (χ4n) is 3.83. The monoisotopic (exact) mass is 370 g/mol. The molecule has 1 N–H and O–H groups in total. The van der Waals surface area contributed by atoms with Gasteiger partial charge >= 0.3 is 0 Å². The average Bonchev–Trinajstić information content (AvgIpc) is 3.37. The lowest BCUT2D eigenvalue weighted by atomic mass is 10.1. The standard InChI is InChI=1S/C19H22N4O2S/c24-17-11-14(12-23(17)15-8-4-5-9-15)18(25)20-19-22-21-16(26-19)10-13-6-2-1-3-7-13/h1-3,6-7,14-15H,4-5,8-12H2,(H,20,22,25)/t14-/m1/s1. The Balaban J connectivity index is 1.34. The van der Waals surface area contributed by atoms with Crippen molar-refractivity contribution in [1.82, 2.24) is 15.1 Å². The quantitative estimate of drug-likeness (QED) is 0.878. The summed E-state index contributed by atoms with van der Waals surface area (Å²) in [6, 6.07) is 10.4. The second-order valence-corrected chi connectivity index (χ2v) is 8.10. The molecule has 1 aromatic heterocycles. The average molecular weight is 370 g/mol. The zero-order valence-electron chi connectivity index (χ0n) is 14.6. The highest BCUT2D eigenvalue weighted by atomic mass is 32.1. The van der Waals surface area contributed by atoms with Crippen LogP contribution in [0, 0.1) is 5.92 Å². The van der Waals surface area contributed by atoms with Crippen molar-refractivity contribution >= 4 is 28.3 Å². The molecule has 2 aliphatic rings. The predicted molar refractivity (Wildman–Crippen MR) is 99.9 cm³/mol. The van der Waals surface area contributed by atoms with Gasteiger partial charge in [-0.2, -0.15) is 0 Å². The topological polar surface area (TPSA) is 75.2 Å². The number of carbonyl (C=O) groups excluding carboxylic acids is 2. The molecule has 136 valence electrons. The van der Waals surface area contributed by atoms with Gasteiger partial charge in [0, 0.05) is 25.4 Å². The van der Waals surface area contributed by atoms with E-state index in [1.54, 1.807) is 0 Å². The zero-order chi connectivity index (χ0) is 17.9. The molecule has 1 aromatic carbocycles. The summed E-state index contributed by atoms with van der Waals surface area (Å²) in [5.41, 5.74) is 1.16. The number of hydrogen-bond donors (Lipinski definition) is 1. The van der Waals surface area contributed by atoms with Gasteiger partial charge < -0.3 is 10.2 Å². The van der Waals surface area contributed by atoms with E-state index in [9.17, 15) is 9.59 Å². The first kappa shape index (κ1) is 17.1. The molecule has 1 aliphatic carbocycles. The van der Waals surface area contributed by atoms with Crippen molar-refractivity contribution in [2.45, 2.75) is 44.6 Å². The highest BCUT2D eigenvalue weighted by Crippen LogP contribution is 2.30. The Hall–Kier alpha value is -2.28. The molecule has 0 unspecified atom stereocenters. The van der Waals surface area contributed by atoms with E-state index in [0.717, 1.165) is 23.4 Å². The van der Waals surface area contributed by atoms with Crippen LogP contribution in [0.4, 0.5) is 5.13 Å². The van der Waals surface area contributed by atoms with Gasteiger partial charge in [0.05, 0.1) is 5.92 Å². The first-order chi connectivity index (χ1) is 12.7. The molecule has 1 saturated heterocycles. The smallest absolute Gasteiger partial charge is 0.231 e. The Morgan fingerprint density at radius 2 is 1.96 bits per heavy atom. The summed E-state index contributed by atoms with van der Waals surface area (Å²) in [5.74, 6) is -0.301. The number of aromatic nitrogens is 2. The molecule has 1 atom stereocenters. The van der Waals surface area contributed by atoms with E-state index in [1.807, 2.05) is 35.2 Å². The number of hydrogen-bond acceptors (Lipinski definition) is 5. The van der Waals surface area contributed by atoms with Crippen LogP contribution in [-0.4, -0.2) is 39.5 Å². The van der Waals surface area contributed by atoms with Gasteiger partial charge in [-0.25, -0.2) is 0 Å². The third kappa shape index (κ3) is 3.77. The summed E-state index contributed by atoms with van der Waals surface area (Å²) in [7, 11) is 0. The van der Waals surface area contributed by atoms with E-state index in [-0.39, 0.29) is 17.7 Å². The summed E-state index contributed by atoms with van der Waals surface area (Å²) in [5, 5.41) is 12.5. The molecular weight excluding hydrogens is 348 g/mol. The van der Waals surface area contributed by atoms with E-state index >= 15 is 0 Å². The molecule has 2 fully saturated rings. The van der Waals surface area contributed by atoms with E-state index in [2.05, 4.69) is 15.5 Å². The van der Waals surface area contributed by atoms with Gasteiger partial charge in [-0.3, -0.25) is 9.59 Å². The van der Waals surface area contributed by atoms with Crippen molar-refractivity contribution in [2.24, 2.45) is 5.92 Å². The van der Waals surface area contributed by atoms with Gasteiger partial charge in [-0.15, -0.1) is 10.2 Å². The highest BCUT2D eigenvalue weighted by molar-refractivity contribution is 7.15. The molecule has 2 heterocycles. The SMILES string of the molecule is O=C(Nc1nnc(Cc2ccccc2)s1)[C@@H]1CC(=O)N(C2CCCC2)C1. The summed E-state index contributed by atoms with van der Waals surface area (Å²) < 4.78 is 0. The van der Waals surface area contributed by atoms with Gasteiger partial charge in [0.2, 0.25) is 16.9 Å². The van der Waals surface area contributed by atoms with Crippen molar-refractivity contribution in [2.75, 3.05) is 11.9 Å². The summed E-state index contributed by atoms with van der Waals surface area (Å²) >= 11 is 1.39. The predicted octanol–water partition coefficient (Wildman–Crippen LogP) is 2.86. The van der Waals surface area contributed by atoms with E-state index in [1.165, 1.54) is 24.2 Å². The van der Waals surface area contributed by atoms with Crippen LogP contribution in [0.2, 0.25) is 0 Å². The second-order valence-electron chi connectivity index (χ2n) is 7.04. The number of nitrogens with zero attached hydrogens (tertiary/aromatic N) is 3. The maximum absolute atomic E-state index is 12.5. The molecule has 7 heteroatoms. The number of amides is 2. The van der Waals surface area contributed by atoms with Gasteiger partial charge in [-0.1, -0.05) is 54.5 Å². The maximum Gasteiger partial charge on any atom is 0.231 e. The number of anilines is 1. The molecule has 0 spiro atoms. The van der Waals surface area contributed by atoms with Gasteiger partial charge in [0.15, 0.2) is 0 Å². The molecule has 1 aliphatic heterocycles. The molecule has 26 heavy (non-hydrogen) atoms. The molecule has 0 bridgehead atoms. The number of rotatable bonds is 5. The lowest BCUT2D eigenvalue weighted by molar-refractivity contribution is -0.129. The Morgan fingerprint density at radius 1 is 1.19 bits per heavy atom. The lowest BCUT2D eigenvalue weighted by Gasteiger charge is -2.23. The van der Waals surface area contributed by atoms with E-state index < -0.39 is 0 Å². The van der Waals surface area contributed by atoms with Gasteiger partial charge in [0.25, 0.3) is 0 Å². The number of benzene rings is 1. The molecule has 2 amide bonds. The maximum atomic E-state index is 12.5. The first-order valence-electron chi connectivity index (χ1n) is 9.15. The van der Waals surface area contributed by atoms with Crippen LogP contribution in [0.15, 0.2) is 30.3 Å². The minimum atomic E-state index is -0.287. The lowest BCUT2D eigenvalue weighted by Crippen LogP contribution is -2.35. The van der Waals surface area contributed by atoms with Crippen LogP contribution in [-0.2, 0) is 16.0 Å². The van der Waals surface area contributed by atoms with Crippen LogP contribution in [0.5, 0.6) is 0 Å².